The second-order valence-electron chi connectivity index (χ2n) is 4.82. The highest BCUT2D eigenvalue weighted by atomic mass is 32.2. The first kappa shape index (κ1) is 13.2. The van der Waals surface area contributed by atoms with Gasteiger partial charge in [0.05, 0.1) is 5.69 Å². The minimum atomic E-state index is -0.495. The number of halogens is 1. The molecule has 5 heteroatoms. The van der Waals surface area contributed by atoms with Crippen LogP contribution in [0, 0.1) is 5.82 Å². The lowest BCUT2D eigenvalue weighted by atomic mass is 10.1. The predicted molar refractivity (Wildman–Crippen MR) is 73.2 cm³/mol. The largest absolute Gasteiger partial charge is 0.396 e. The van der Waals surface area contributed by atoms with E-state index in [0.29, 0.717) is 12.1 Å². The molecule has 3 nitrogen and oxygen atoms in total. The zero-order chi connectivity index (χ0) is 13.2. The molecule has 1 aliphatic heterocycles. The van der Waals surface area contributed by atoms with Crippen molar-refractivity contribution in [3.63, 3.8) is 0 Å². The Morgan fingerprint density at radius 2 is 2.39 bits per heavy atom. The van der Waals surface area contributed by atoms with Crippen LogP contribution in [0.3, 0.4) is 0 Å². The van der Waals surface area contributed by atoms with Gasteiger partial charge in [0, 0.05) is 16.9 Å². The van der Waals surface area contributed by atoms with Crippen molar-refractivity contribution in [3.05, 3.63) is 29.6 Å². The van der Waals surface area contributed by atoms with Gasteiger partial charge in [-0.05, 0) is 43.7 Å². The molecule has 1 amide bonds. The summed E-state index contributed by atoms with van der Waals surface area (Å²) in [6.07, 6.45) is 2.31. The van der Waals surface area contributed by atoms with Gasteiger partial charge in [-0.25, -0.2) is 4.39 Å². The second kappa shape index (κ2) is 5.18. The Balaban J connectivity index is 1.97. The maximum absolute atomic E-state index is 13.0. The fourth-order valence-electron chi connectivity index (χ4n) is 2.03. The lowest BCUT2D eigenvalue weighted by molar-refractivity contribution is 0.0950. The molecule has 3 N–H and O–H groups in total. The van der Waals surface area contributed by atoms with Crippen LogP contribution in [0.2, 0.25) is 0 Å². The normalized spacial score (nSPS) is 23.0. The van der Waals surface area contributed by atoms with E-state index in [4.69, 9.17) is 5.73 Å². The van der Waals surface area contributed by atoms with Gasteiger partial charge in [-0.3, -0.25) is 4.79 Å². The van der Waals surface area contributed by atoms with E-state index in [1.54, 1.807) is 0 Å². The first-order valence-corrected chi connectivity index (χ1v) is 6.96. The van der Waals surface area contributed by atoms with Crippen LogP contribution in [-0.2, 0) is 0 Å². The highest BCUT2D eigenvalue weighted by Crippen LogP contribution is 2.36. The van der Waals surface area contributed by atoms with Gasteiger partial charge in [0.1, 0.15) is 5.82 Å². The van der Waals surface area contributed by atoms with E-state index in [0.717, 1.165) is 12.2 Å². The first-order chi connectivity index (χ1) is 8.50. The van der Waals surface area contributed by atoms with Crippen LogP contribution in [0.1, 0.15) is 30.1 Å². The Kier molecular flexibility index (Phi) is 3.80. The summed E-state index contributed by atoms with van der Waals surface area (Å²) < 4.78 is 13.1. The Hall–Kier alpha value is -1.23. The highest BCUT2D eigenvalue weighted by molar-refractivity contribution is 8.00. The van der Waals surface area contributed by atoms with Crippen molar-refractivity contribution in [1.29, 1.82) is 0 Å². The van der Waals surface area contributed by atoms with Gasteiger partial charge in [-0.15, -0.1) is 0 Å². The van der Waals surface area contributed by atoms with Crippen LogP contribution in [0.15, 0.2) is 18.2 Å². The summed E-state index contributed by atoms with van der Waals surface area (Å²) in [4.78, 5) is 11.9. The quantitative estimate of drug-likeness (QED) is 0.828. The van der Waals surface area contributed by atoms with Crippen LogP contribution >= 0.6 is 11.8 Å². The smallest absolute Gasteiger partial charge is 0.251 e. The molecule has 1 unspecified atom stereocenters. The summed E-state index contributed by atoms with van der Waals surface area (Å²) in [6, 6.07) is 4.04. The molecule has 1 aliphatic rings. The highest BCUT2D eigenvalue weighted by Gasteiger charge is 2.29. The van der Waals surface area contributed by atoms with Gasteiger partial charge in [-0.2, -0.15) is 11.8 Å². The molecule has 0 spiro atoms. The third-order valence-electron chi connectivity index (χ3n) is 3.18. The fraction of sp³-hybridized carbons (Fsp3) is 0.462. The second-order valence-corrected chi connectivity index (χ2v) is 6.50. The van der Waals surface area contributed by atoms with Gasteiger partial charge in [0.25, 0.3) is 5.91 Å². The maximum atomic E-state index is 13.0. The lowest BCUT2D eigenvalue weighted by Crippen LogP contribution is -2.36. The molecule has 0 aliphatic carbocycles. The van der Waals surface area contributed by atoms with Crippen molar-refractivity contribution < 1.29 is 9.18 Å². The van der Waals surface area contributed by atoms with Gasteiger partial charge in [-0.1, -0.05) is 0 Å². The van der Waals surface area contributed by atoms with Crippen molar-refractivity contribution >= 4 is 23.4 Å². The van der Waals surface area contributed by atoms with E-state index in [9.17, 15) is 9.18 Å². The molecule has 18 heavy (non-hydrogen) atoms. The summed E-state index contributed by atoms with van der Waals surface area (Å²) in [5.41, 5.74) is 5.85. The number of amides is 1. The predicted octanol–water partition coefficient (Wildman–Crippen LogP) is 2.42. The monoisotopic (exact) mass is 268 g/mol. The Morgan fingerprint density at radius 1 is 1.61 bits per heavy atom. The molecular formula is C13H17FN2OS. The number of rotatable bonds is 3. The minimum Gasteiger partial charge on any atom is -0.396 e. The number of hydrogen-bond acceptors (Lipinski definition) is 3. The van der Waals surface area contributed by atoms with E-state index >= 15 is 0 Å². The summed E-state index contributed by atoms with van der Waals surface area (Å²) in [6.45, 7) is 2.79. The van der Waals surface area contributed by atoms with Gasteiger partial charge in [0.15, 0.2) is 0 Å². The minimum absolute atomic E-state index is 0.00380. The number of hydrogen-bond donors (Lipinski definition) is 2. The van der Waals surface area contributed by atoms with E-state index in [1.165, 1.54) is 24.6 Å². The number of nitrogen functional groups attached to an aromatic ring is 1. The zero-order valence-corrected chi connectivity index (χ0v) is 11.1. The number of thioether (sulfide) groups is 1. The number of benzene rings is 1. The molecule has 1 saturated heterocycles. The van der Waals surface area contributed by atoms with Crippen LogP contribution in [0.25, 0.3) is 0 Å². The van der Waals surface area contributed by atoms with E-state index < -0.39 is 5.82 Å². The number of carbonyl (C=O) groups is 1. The third kappa shape index (κ3) is 2.96. The summed E-state index contributed by atoms with van der Waals surface area (Å²) in [5.74, 6) is 0.454. The number of nitrogens with one attached hydrogen (secondary N) is 1. The molecule has 1 heterocycles. The van der Waals surface area contributed by atoms with E-state index in [1.807, 2.05) is 11.8 Å². The zero-order valence-electron chi connectivity index (χ0n) is 10.3. The number of carbonyl (C=O) groups excluding carboxylic acids is 1. The summed E-state index contributed by atoms with van der Waals surface area (Å²) in [7, 11) is 0. The van der Waals surface area contributed by atoms with Gasteiger partial charge < -0.3 is 11.1 Å². The van der Waals surface area contributed by atoms with Crippen LogP contribution in [-0.4, -0.2) is 23.0 Å². The standard InChI is InChI=1S/C13H17FN2OS/c1-13(5-2-6-18-13)8-16-12(17)9-3-4-10(14)11(15)7-9/h3-4,7H,2,5-6,8,15H2,1H3,(H,16,17). The molecule has 1 atom stereocenters. The molecule has 0 aromatic heterocycles. The molecule has 0 radical (unpaired) electrons. The average molecular weight is 268 g/mol. The molecule has 98 valence electrons. The van der Waals surface area contributed by atoms with Crippen molar-refractivity contribution in [3.8, 4) is 0 Å². The van der Waals surface area contributed by atoms with Gasteiger partial charge in [0.2, 0.25) is 0 Å². The van der Waals surface area contributed by atoms with E-state index in [-0.39, 0.29) is 16.3 Å². The van der Waals surface area contributed by atoms with Crippen LogP contribution in [0.5, 0.6) is 0 Å². The molecule has 1 aromatic carbocycles. The average Bonchev–Trinajstić information content (AvgIpc) is 2.77. The van der Waals surface area contributed by atoms with Crippen molar-refractivity contribution in [2.45, 2.75) is 24.5 Å². The molecule has 1 aromatic rings. The fourth-order valence-corrected chi connectivity index (χ4v) is 3.27. The Labute approximate surface area is 110 Å². The van der Waals surface area contributed by atoms with Crippen molar-refractivity contribution in [2.24, 2.45) is 0 Å². The lowest BCUT2D eigenvalue weighted by Gasteiger charge is -2.22. The van der Waals surface area contributed by atoms with Crippen LogP contribution < -0.4 is 11.1 Å². The SMILES string of the molecule is CC1(CNC(=O)c2ccc(F)c(N)c2)CCCS1. The summed E-state index contributed by atoms with van der Waals surface area (Å²) >= 11 is 1.89. The van der Waals surface area contributed by atoms with Crippen LogP contribution in [0.4, 0.5) is 10.1 Å². The van der Waals surface area contributed by atoms with Crippen molar-refractivity contribution in [1.82, 2.24) is 5.32 Å². The first-order valence-electron chi connectivity index (χ1n) is 5.97. The summed E-state index contributed by atoms with van der Waals surface area (Å²) in [5, 5.41) is 2.89. The van der Waals surface area contributed by atoms with Crippen molar-refractivity contribution in [2.75, 3.05) is 18.0 Å². The number of anilines is 1. The topological polar surface area (TPSA) is 55.1 Å². The molecule has 0 saturated carbocycles. The maximum Gasteiger partial charge on any atom is 0.251 e. The van der Waals surface area contributed by atoms with Gasteiger partial charge >= 0.3 is 0 Å². The molecular weight excluding hydrogens is 251 g/mol. The van der Waals surface area contributed by atoms with E-state index in [2.05, 4.69) is 12.2 Å². The molecule has 0 bridgehead atoms. The number of nitrogens with two attached hydrogens (primary N) is 1. The Morgan fingerprint density at radius 3 is 3.00 bits per heavy atom. The Bertz CT molecular complexity index is 458. The third-order valence-corrected chi connectivity index (χ3v) is 4.72. The molecule has 2 rings (SSSR count). The molecule has 1 fully saturated rings.